The van der Waals surface area contributed by atoms with E-state index in [1.807, 2.05) is 12.1 Å². The summed E-state index contributed by atoms with van der Waals surface area (Å²) in [5, 5.41) is 11.4. The first-order chi connectivity index (χ1) is 6.33. The topological polar surface area (TPSA) is 48.7 Å². The van der Waals surface area contributed by atoms with Crippen molar-refractivity contribution in [3.05, 3.63) is 28.5 Å². The van der Waals surface area contributed by atoms with Crippen molar-refractivity contribution in [3.63, 3.8) is 0 Å². The van der Waals surface area contributed by atoms with Gasteiger partial charge in [0.15, 0.2) is 0 Å². The van der Waals surface area contributed by atoms with Crippen molar-refractivity contribution < 1.29 is 0 Å². The van der Waals surface area contributed by atoms with E-state index in [0.717, 1.165) is 16.7 Å². The third kappa shape index (κ3) is 4.02. The number of nitrogens with zero attached hydrogens (tertiary/aromatic N) is 2. The van der Waals surface area contributed by atoms with Crippen molar-refractivity contribution in [2.24, 2.45) is 0 Å². The molecule has 0 aliphatic carbocycles. The van der Waals surface area contributed by atoms with E-state index in [1.54, 1.807) is 6.20 Å². The summed E-state index contributed by atoms with van der Waals surface area (Å²) in [4.78, 5) is 4.18. The normalized spacial score (nSPS) is 9.54. The van der Waals surface area contributed by atoms with Gasteiger partial charge in [-0.05, 0) is 28.1 Å². The highest BCUT2D eigenvalue weighted by atomic mass is 79.9. The molecule has 13 heavy (non-hydrogen) atoms. The number of hydrogen-bond acceptors (Lipinski definition) is 3. The van der Waals surface area contributed by atoms with Crippen molar-refractivity contribution >= 4 is 15.9 Å². The maximum absolute atomic E-state index is 8.29. The third-order valence-corrected chi connectivity index (χ3v) is 1.98. The molecule has 0 bridgehead atoms. The van der Waals surface area contributed by atoms with Crippen LogP contribution in [0.15, 0.2) is 22.8 Å². The maximum Gasteiger partial charge on any atom is 0.0635 e. The summed E-state index contributed by atoms with van der Waals surface area (Å²) in [5.74, 6) is 0. The average molecular weight is 240 g/mol. The van der Waals surface area contributed by atoms with Gasteiger partial charge in [-0.2, -0.15) is 5.26 Å². The summed E-state index contributed by atoms with van der Waals surface area (Å²) in [6.45, 7) is 1.43. The van der Waals surface area contributed by atoms with E-state index in [4.69, 9.17) is 5.26 Å². The number of nitrogens with one attached hydrogen (secondary N) is 1. The molecule has 0 saturated carbocycles. The van der Waals surface area contributed by atoms with E-state index in [9.17, 15) is 0 Å². The zero-order valence-electron chi connectivity index (χ0n) is 7.13. The number of hydrogen-bond donors (Lipinski definition) is 1. The van der Waals surface area contributed by atoms with Crippen molar-refractivity contribution in [2.45, 2.75) is 13.0 Å². The van der Waals surface area contributed by atoms with Gasteiger partial charge in [-0.15, -0.1) is 0 Å². The number of nitriles is 1. The van der Waals surface area contributed by atoms with Crippen LogP contribution in [-0.4, -0.2) is 11.5 Å². The van der Waals surface area contributed by atoms with Crippen LogP contribution in [0.4, 0.5) is 0 Å². The molecular weight excluding hydrogens is 230 g/mol. The molecule has 0 unspecified atom stereocenters. The van der Waals surface area contributed by atoms with E-state index < -0.39 is 0 Å². The fourth-order valence-corrected chi connectivity index (χ4v) is 1.11. The molecule has 68 valence electrons. The molecule has 0 aromatic carbocycles. The molecule has 0 fully saturated rings. The van der Waals surface area contributed by atoms with Crippen LogP contribution in [0.25, 0.3) is 0 Å². The molecule has 0 amide bonds. The lowest BCUT2D eigenvalue weighted by molar-refractivity contribution is 0.685. The minimum absolute atomic E-state index is 0.538. The number of pyridine rings is 1. The van der Waals surface area contributed by atoms with E-state index >= 15 is 0 Å². The number of halogens is 1. The molecule has 0 spiro atoms. The molecule has 0 radical (unpaired) electrons. The molecule has 1 aromatic rings. The standard InChI is InChI=1S/C9H10BrN3/c10-8-2-3-9(13-6-8)7-12-5-1-4-11/h2-3,6,12H,1,5,7H2. The highest BCUT2D eigenvalue weighted by molar-refractivity contribution is 9.10. The van der Waals surface area contributed by atoms with Crippen molar-refractivity contribution in [3.8, 4) is 6.07 Å². The lowest BCUT2D eigenvalue weighted by atomic mass is 10.3. The predicted octanol–water partition coefficient (Wildman–Crippen LogP) is 1.85. The van der Waals surface area contributed by atoms with Gasteiger partial charge in [-0.1, -0.05) is 0 Å². The van der Waals surface area contributed by atoms with Crippen molar-refractivity contribution in [1.29, 1.82) is 5.26 Å². The van der Waals surface area contributed by atoms with Gasteiger partial charge < -0.3 is 5.32 Å². The lowest BCUT2D eigenvalue weighted by Gasteiger charge is -2.00. The van der Waals surface area contributed by atoms with E-state index in [2.05, 4.69) is 32.3 Å². The Kier molecular flexibility index (Phi) is 4.44. The van der Waals surface area contributed by atoms with Gasteiger partial charge in [0.05, 0.1) is 11.8 Å². The van der Waals surface area contributed by atoms with Crippen LogP contribution in [0.5, 0.6) is 0 Å². The molecule has 1 rings (SSSR count). The molecule has 0 atom stereocenters. The Hall–Kier alpha value is -0.920. The van der Waals surface area contributed by atoms with E-state index in [0.29, 0.717) is 13.0 Å². The molecule has 1 aromatic heterocycles. The van der Waals surface area contributed by atoms with Crippen LogP contribution in [0.2, 0.25) is 0 Å². The molecule has 0 aliphatic rings. The van der Waals surface area contributed by atoms with Gasteiger partial charge in [0.1, 0.15) is 0 Å². The van der Waals surface area contributed by atoms with Crippen LogP contribution in [0.1, 0.15) is 12.1 Å². The summed E-state index contributed by atoms with van der Waals surface area (Å²) < 4.78 is 0.980. The van der Waals surface area contributed by atoms with Gasteiger partial charge in [0, 0.05) is 30.2 Å². The Balaban J connectivity index is 2.30. The van der Waals surface area contributed by atoms with Crippen molar-refractivity contribution in [2.75, 3.05) is 6.54 Å². The van der Waals surface area contributed by atoms with E-state index in [1.165, 1.54) is 0 Å². The van der Waals surface area contributed by atoms with Crippen LogP contribution in [0.3, 0.4) is 0 Å². The fourth-order valence-electron chi connectivity index (χ4n) is 0.872. The quantitative estimate of drug-likeness (QED) is 0.817. The summed E-state index contributed by atoms with van der Waals surface area (Å²) in [6.07, 6.45) is 2.30. The smallest absolute Gasteiger partial charge is 0.0635 e. The van der Waals surface area contributed by atoms with Crippen LogP contribution < -0.4 is 5.32 Å². The first kappa shape index (κ1) is 10.2. The van der Waals surface area contributed by atoms with E-state index in [-0.39, 0.29) is 0 Å². The largest absolute Gasteiger partial charge is 0.310 e. The molecular formula is C9H10BrN3. The predicted molar refractivity (Wildman–Crippen MR) is 53.9 cm³/mol. The second kappa shape index (κ2) is 5.68. The average Bonchev–Trinajstić information content (AvgIpc) is 2.15. The summed E-state index contributed by atoms with van der Waals surface area (Å²) in [5.41, 5.74) is 0.987. The Morgan fingerprint density at radius 3 is 3.00 bits per heavy atom. The second-order valence-electron chi connectivity index (χ2n) is 2.55. The molecule has 1 N–H and O–H groups in total. The SMILES string of the molecule is N#CCCNCc1ccc(Br)cn1. The second-order valence-corrected chi connectivity index (χ2v) is 3.47. The zero-order valence-corrected chi connectivity index (χ0v) is 8.71. The van der Waals surface area contributed by atoms with Crippen LogP contribution >= 0.6 is 15.9 Å². The first-order valence-electron chi connectivity index (χ1n) is 4.01. The van der Waals surface area contributed by atoms with Crippen molar-refractivity contribution in [1.82, 2.24) is 10.3 Å². The Morgan fingerprint density at radius 2 is 2.38 bits per heavy atom. The van der Waals surface area contributed by atoms with Gasteiger partial charge in [-0.3, -0.25) is 4.98 Å². The zero-order chi connectivity index (χ0) is 9.52. The molecule has 0 saturated heterocycles. The van der Waals surface area contributed by atoms with Gasteiger partial charge in [-0.25, -0.2) is 0 Å². The van der Waals surface area contributed by atoms with Crippen LogP contribution in [0, 0.1) is 11.3 Å². The highest BCUT2D eigenvalue weighted by Gasteiger charge is 1.93. The molecule has 3 nitrogen and oxygen atoms in total. The van der Waals surface area contributed by atoms with Gasteiger partial charge in [0.2, 0.25) is 0 Å². The third-order valence-electron chi connectivity index (χ3n) is 1.51. The minimum atomic E-state index is 0.538. The monoisotopic (exact) mass is 239 g/mol. The highest BCUT2D eigenvalue weighted by Crippen LogP contribution is 2.06. The molecule has 1 heterocycles. The molecule has 4 heteroatoms. The summed E-state index contributed by atoms with van der Waals surface area (Å²) >= 11 is 3.31. The maximum atomic E-state index is 8.29. The lowest BCUT2D eigenvalue weighted by Crippen LogP contribution is -2.14. The minimum Gasteiger partial charge on any atom is -0.310 e. The van der Waals surface area contributed by atoms with Gasteiger partial charge >= 0.3 is 0 Å². The Morgan fingerprint density at radius 1 is 1.54 bits per heavy atom. The fraction of sp³-hybridized carbons (Fsp3) is 0.333. The molecule has 0 aliphatic heterocycles. The Bertz CT molecular complexity index is 289. The first-order valence-corrected chi connectivity index (χ1v) is 4.80. The number of rotatable bonds is 4. The Labute approximate surface area is 85.9 Å². The summed E-state index contributed by atoms with van der Waals surface area (Å²) in [7, 11) is 0. The van der Waals surface area contributed by atoms with Gasteiger partial charge in [0.25, 0.3) is 0 Å². The summed E-state index contributed by atoms with van der Waals surface area (Å²) in [6, 6.07) is 5.97. The van der Waals surface area contributed by atoms with Crippen LogP contribution in [-0.2, 0) is 6.54 Å². The number of aromatic nitrogens is 1.